The third-order valence-electron chi connectivity index (χ3n) is 2.24. The van der Waals surface area contributed by atoms with Crippen LogP contribution in [0.15, 0.2) is 18.2 Å². The molecular formula is C11H16ClFN2O2. The van der Waals surface area contributed by atoms with E-state index in [0.29, 0.717) is 11.3 Å². The molecule has 0 fully saturated rings. The SMILES string of the molecule is COC(CN)C(=O)Nc1ccc(F)cc1C.Cl. The van der Waals surface area contributed by atoms with Crippen molar-refractivity contribution >= 4 is 24.0 Å². The summed E-state index contributed by atoms with van der Waals surface area (Å²) in [6.45, 7) is 1.81. The second-order valence-electron chi connectivity index (χ2n) is 3.41. The second kappa shape index (κ2) is 7.21. The summed E-state index contributed by atoms with van der Waals surface area (Å²) in [7, 11) is 1.41. The van der Waals surface area contributed by atoms with Gasteiger partial charge in [-0.3, -0.25) is 4.79 Å². The molecule has 1 rings (SSSR count). The minimum atomic E-state index is -0.690. The third-order valence-corrected chi connectivity index (χ3v) is 2.24. The van der Waals surface area contributed by atoms with E-state index >= 15 is 0 Å². The quantitative estimate of drug-likeness (QED) is 0.864. The zero-order valence-electron chi connectivity index (χ0n) is 9.70. The van der Waals surface area contributed by atoms with Gasteiger partial charge in [-0.2, -0.15) is 0 Å². The second-order valence-corrected chi connectivity index (χ2v) is 3.41. The fourth-order valence-corrected chi connectivity index (χ4v) is 1.29. The lowest BCUT2D eigenvalue weighted by atomic mass is 10.2. The Morgan fingerprint density at radius 3 is 2.71 bits per heavy atom. The van der Waals surface area contributed by atoms with Crippen LogP contribution in [0.4, 0.5) is 10.1 Å². The van der Waals surface area contributed by atoms with Crippen molar-refractivity contribution in [2.45, 2.75) is 13.0 Å². The van der Waals surface area contributed by atoms with Crippen LogP contribution >= 0.6 is 12.4 Å². The van der Waals surface area contributed by atoms with Crippen molar-refractivity contribution in [3.63, 3.8) is 0 Å². The number of rotatable bonds is 4. The average molecular weight is 263 g/mol. The van der Waals surface area contributed by atoms with Gasteiger partial charge in [0.15, 0.2) is 0 Å². The van der Waals surface area contributed by atoms with Crippen molar-refractivity contribution in [3.05, 3.63) is 29.6 Å². The molecule has 1 aromatic rings. The van der Waals surface area contributed by atoms with Crippen molar-refractivity contribution in [1.82, 2.24) is 0 Å². The van der Waals surface area contributed by atoms with Gasteiger partial charge >= 0.3 is 0 Å². The number of hydrogen-bond donors (Lipinski definition) is 2. The molecule has 4 nitrogen and oxygen atoms in total. The first kappa shape index (κ1) is 15.8. The average Bonchev–Trinajstić information content (AvgIpc) is 2.24. The molecule has 17 heavy (non-hydrogen) atoms. The Morgan fingerprint density at radius 1 is 1.59 bits per heavy atom. The van der Waals surface area contributed by atoms with E-state index in [2.05, 4.69) is 5.32 Å². The number of carbonyl (C=O) groups excluding carboxylic acids is 1. The normalized spacial score (nSPS) is 11.5. The van der Waals surface area contributed by atoms with Crippen LogP contribution in [0.1, 0.15) is 5.56 Å². The molecule has 0 aliphatic carbocycles. The van der Waals surface area contributed by atoms with E-state index in [0.717, 1.165) is 0 Å². The van der Waals surface area contributed by atoms with Crippen molar-refractivity contribution in [2.75, 3.05) is 19.0 Å². The molecule has 96 valence electrons. The Balaban J connectivity index is 0.00000256. The maximum absolute atomic E-state index is 12.8. The molecule has 0 heterocycles. The van der Waals surface area contributed by atoms with E-state index < -0.39 is 6.10 Å². The van der Waals surface area contributed by atoms with Crippen LogP contribution in [-0.2, 0) is 9.53 Å². The summed E-state index contributed by atoms with van der Waals surface area (Å²) in [5.74, 6) is -0.669. The highest BCUT2D eigenvalue weighted by molar-refractivity contribution is 5.94. The molecular weight excluding hydrogens is 247 g/mol. The lowest BCUT2D eigenvalue weighted by Crippen LogP contribution is -2.36. The van der Waals surface area contributed by atoms with Crippen LogP contribution in [-0.4, -0.2) is 25.7 Å². The zero-order chi connectivity index (χ0) is 12.1. The smallest absolute Gasteiger partial charge is 0.254 e. The Bertz CT molecular complexity index is 384. The van der Waals surface area contributed by atoms with Crippen molar-refractivity contribution in [2.24, 2.45) is 5.73 Å². The minimum absolute atomic E-state index is 0. The fourth-order valence-electron chi connectivity index (χ4n) is 1.29. The van der Waals surface area contributed by atoms with E-state index in [4.69, 9.17) is 10.5 Å². The van der Waals surface area contributed by atoms with E-state index in [1.165, 1.54) is 25.3 Å². The van der Waals surface area contributed by atoms with Crippen LogP contribution in [0.2, 0.25) is 0 Å². The fraction of sp³-hybridized carbons (Fsp3) is 0.364. The molecule has 0 saturated carbocycles. The van der Waals surface area contributed by atoms with Gasteiger partial charge in [-0.05, 0) is 30.7 Å². The summed E-state index contributed by atoms with van der Waals surface area (Å²) < 4.78 is 17.7. The van der Waals surface area contributed by atoms with Crippen molar-refractivity contribution in [3.8, 4) is 0 Å². The molecule has 0 spiro atoms. The number of benzene rings is 1. The minimum Gasteiger partial charge on any atom is -0.370 e. The Labute approximate surface area is 106 Å². The van der Waals surface area contributed by atoms with Crippen molar-refractivity contribution < 1.29 is 13.9 Å². The Morgan fingerprint density at radius 2 is 2.24 bits per heavy atom. The van der Waals surface area contributed by atoms with Gasteiger partial charge in [-0.25, -0.2) is 4.39 Å². The molecule has 0 bridgehead atoms. The maximum Gasteiger partial charge on any atom is 0.254 e. The molecule has 0 aromatic heterocycles. The van der Waals surface area contributed by atoms with E-state index in [9.17, 15) is 9.18 Å². The van der Waals surface area contributed by atoms with Gasteiger partial charge < -0.3 is 15.8 Å². The van der Waals surface area contributed by atoms with Crippen LogP contribution in [0, 0.1) is 12.7 Å². The highest BCUT2D eigenvalue weighted by Crippen LogP contribution is 2.15. The molecule has 0 saturated heterocycles. The van der Waals surface area contributed by atoms with Gasteiger partial charge in [0.2, 0.25) is 0 Å². The maximum atomic E-state index is 12.8. The number of nitrogens with two attached hydrogens (primary N) is 1. The van der Waals surface area contributed by atoms with E-state index in [1.807, 2.05) is 0 Å². The first-order chi connectivity index (χ1) is 7.58. The largest absolute Gasteiger partial charge is 0.370 e. The summed E-state index contributed by atoms with van der Waals surface area (Å²) in [6, 6.07) is 4.14. The van der Waals surface area contributed by atoms with Crippen LogP contribution in [0.3, 0.4) is 0 Å². The standard InChI is InChI=1S/C11H15FN2O2.ClH/c1-7-5-8(12)3-4-9(7)14-11(15)10(6-13)16-2;/h3-5,10H,6,13H2,1-2H3,(H,14,15);1H. The number of carbonyl (C=O) groups is 1. The highest BCUT2D eigenvalue weighted by Gasteiger charge is 2.16. The molecule has 6 heteroatoms. The number of amides is 1. The predicted octanol–water partition coefficient (Wildman–Crippen LogP) is 1.47. The zero-order valence-corrected chi connectivity index (χ0v) is 10.5. The lowest BCUT2D eigenvalue weighted by Gasteiger charge is -2.14. The molecule has 3 N–H and O–H groups in total. The molecule has 1 unspecified atom stereocenters. The van der Waals surface area contributed by atoms with Crippen LogP contribution in [0.5, 0.6) is 0 Å². The molecule has 0 aliphatic rings. The number of anilines is 1. The predicted molar refractivity (Wildman–Crippen MR) is 66.9 cm³/mol. The van der Waals surface area contributed by atoms with Crippen molar-refractivity contribution in [1.29, 1.82) is 0 Å². The van der Waals surface area contributed by atoms with Gasteiger partial charge in [0.05, 0.1) is 0 Å². The lowest BCUT2D eigenvalue weighted by molar-refractivity contribution is -0.125. The summed E-state index contributed by atoms with van der Waals surface area (Å²) in [5, 5.41) is 2.63. The molecule has 0 radical (unpaired) electrons. The van der Waals surface area contributed by atoms with Gasteiger partial charge in [-0.15, -0.1) is 12.4 Å². The monoisotopic (exact) mass is 262 g/mol. The summed E-state index contributed by atoms with van der Waals surface area (Å²) >= 11 is 0. The third kappa shape index (κ3) is 4.30. The number of nitrogens with one attached hydrogen (secondary N) is 1. The van der Waals surface area contributed by atoms with Gasteiger partial charge in [-0.1, -0.05) is 0 Å². The van der Waals surface area contributed by atoms with Gasteiger partial charge in [0.1, 0.15) is 11.9 Å². The molecule has 0 aliphatic heterocycles. The summed E-state index contributed by atoms with van der Waals surface area (Å²) in [6.07, 6.45) is -0.690. The Hall–Kier alpha value is -1.17. The number of aryl methyl sites for hydroxylation is 1. The molecule has 1 aromatic carbocycles. The van der Waals surface area contributed by atoms with Crippen LogP contribution < -0.4 is 11.1 Å². The Kier molecular flexibility index (Phi) is 6.72. The van der Waals surface area contributed by atoms with E-state index in [-0.39, 0.29) is 30.7 Å². The summed E-state index contributed by atoms with van der Waals surface area (Å²) in [4.78, 5) is 11.6. The van der Waals surface area contributed by atoms with E-state index in [1.54, 1.807) is 6.92 Å². The van der Waals surface area contributed by atoms with Crippen LogP contribution in [0.25, 0.3) is 0 Å². The topological polar surface area (TPSA) is 64.3 Å². The number of halogens is 2. The number of hydrogen-bond acceptors (Lipinski definition) is 3. The first-order valence-electron chi connectivity index (χ1n) is 4.88. The molecule has 1 atom stereocenters. The number of methoxy groups -OCH3 is 1. The first-order valence-corrected chi connectivity index (χ1v) is 4.88. The summed E-state index contributed by atoms with van der Waals surface area (Å²) in [5.41, 5.74) is 6.56. The van der Waals surface area contributed by atoms with Gasteiger partial charge in [0.25, 0.3) is 5.91 Å². The molecule has 1 amide bonds. The van der Waals surface area contributed by atoms with Gasteiger partial charge in [0, 0.05) is 19.3 Å². The number of ether oxygens (including phenoxy) is 1. The highest BCUT2D eigenvalue weighted by atomic mass is 35.5.